The van der Waals surface area contributed by atoms with Crippen molar-refractivity contribution < 1.29 is 0 Å². The lowest BCUT2D eigenvalue weighted by molar-refractivity contribution is 0.576. The third-order valence-electron chi connectivity index (χ3n) is 3.54. The summed E-state index contributed by atoms with van der Waals surface area (Å²) in [5, 5.41) is 0. The minimum Gasteiger partial charge on any atom is -0.350 e. The first-order valence-corrected chi connectivity index (χ1v) is 6.32. The van der Waals surface area contributed by atoms with Gasteiger partial charge >= 0.3 is 0 Å². The largest absolute Gasteiger partial charge is 0.350 e. The molecule has 2 saturated heterocycles. The van der Waals surface area contributed by atoms with E-state index < -0.39 is 0 Å². The molecule has 3 rings (SSSR count). The van der Waals surface area contributed by atoms with Crippen LogP contribution in [0.5, 0.6) is 0 Å². The lowest BCUT2D eigenvalue weighted by Crippen LogP contribution is -2.29. The molecule has 2 bridgehead atoms. The number of aromatic nitrogens is 2. The minimum absolute atomic E-state index is 0.723. The Morgan fingerprint density at radius 3 is 2.47 bits per heavy atom. The molecule has 0 aromatic carbocycles. The number of hydrogen-bond donors (Lipinski definition) is 0. The Labute approximate surface area is 98.0 Å². The quantitative estimate of drug-likeness (QED) is 0.784. The Balaban J connectivity index is 2.02. The summed E-state index contributed by atoms with van der Waals surface area (Å²) in [5.74, 6) is 1.96. The average molecular weight is 268 g/mol. The highest BCUT2D eigenvalue weighted by molar-refractivity contribution is 9.10. The average Bonchev–Trinajstić information content (AvgIpc) is 2.81. The second kappa shape index (κ2) is 3.44. The van der Waals surface area contributed by atoms with Gasteiger partial charge in [0.2, 0.25) is 0 Å². The van der Waals surface area contributed by atoms with E-state index in [0.717, 1.165) is 28.2 Å². The molecule has 1 aromatic heterocycles. The van der Waals surface area contributed by atoms with Gasteiger partial charge in [0, 0.05) is 18.3 Å². The molecule has 80 valence electrons. The van der Waals surface area contributed by atoms with Crippen molar-refractivity contribution in [3.8, 4) is 0 Å². The predicted molar refractivity (Wildman–Crippen MR) is 63.0 cm³/mol. The third-order valence-corrected chi connectivity index (χ3v) is 4.10. The highest BCUT2D eigenvalue weighted by Crippen LogP contribution is 2.42. The Morgan fingerprint density at radius 2 is 1.87 bits per heavy atom. The zero-order valence-corrected chi connectivity index (χ0v) is 10.4. The Hall–Kier alpha value is -0.640. The van der Waals surface area contributed by atoms with Crippen LogP contribution in [0.3, 0.4) is 0 Å². The van der Waals surface area contributed by atoms with Gasteiger partial charge in [-0.3, -0.25) is 0 Å². The normalized spacial score (nSPS) is 28.8. The molecule has 0 aliphatic carbocycles. The summed E-state index contributed by atoms with van der Waals surface area (Å²) in [4.78, 5) is 11.3. The van der Waals surface area contributed by atoms with Gasteiger partial charge in [0.1, 0.15) is 11.6 Å². The predicted octanol–water partition coefficient (Wildman–Crippen LogP) is 2.68. The van der Waals surface area contributed by atoms with Crippen LogP contribution >= 0.6 is 15.9 Å². The van der Waals surface area contributed by atoms with Crippen LogP contribution in [0.25, 0.3) is 0 Å². The van der Waals surface area contributed by atoms with Gasteiger partial charge in [-0.25, -0.2) is 9.97 Å². The number of anilines is 1. The first-order valence-electron chi connectivity index (χ1n) is 5.53. The minimum atomic E-state index is 0.723. The Bertz CT molecular complexity index is 373. The van der Waals surface area contributed by atoms with E-state index in [0.29, 0.717) is 0 Å². The van der Waals surface area contributed by atoms with Crippen LogP contribution in [-0.2, 0) is 0 Å². The van der Waals surface area contributed by atoms with E-state index in [4.69, 9.17) is 0 Å². The standard InChI is InChI=1S/C11H14BrN3/c1-7-13-6-10(12)11(14-7)15-8-2-3-9(15)5-4-8/h6,8-9H,2-5H2,1H3. The van der Waals surface area contributed by atoms with E-state index in [1.807, 2.05) is 13.1 Å². The highest BCUT2D eigenvalue weighted by Gasteiger charge is 2.40. The van der Waals surface area contributed by atoms with Gasteiger partial charge in [-0.1, -0.05) is 0 Å². The lowest BCUT2D eigenvalue weighted by atomic mass is 10.0. The maximum absolute atomic E-state index is 4.56. The van der Waals surface area contributed by atoms with Crippen LogP contribution in [0.15, 0.2) is 10.7 Å². The zero-order chi connectivity index (χ0) is 10.4. The van der Waals surface area contributed by atoms with E-state index in [9.17, 15) is 0 Å². The molecule has 0 amide bonds. The summed E-state index contributed by atoms with van der Waals surface area (Å²) in [6.45, 7) is 1.95. The van der Waals surface area contributed by atoms with Crippen LogP contribution in [0.2, 0.25) is 0 Å². The molecule has 0 N–H and O–H groups in total. The monoisotopic (exact) mass is 267 g/mol. The van der Waals surface area contributed by atoms with Crippen LogP contribution in [0.4, 0.5) is 5.82 Å². The van der Waals surface area contributed by atoms with Gasteiger partial charge < -0.3 is 4.90 Å². The van der Waals surface area contributed by atoms with E-state index in [1.165, 1.54) is 25.7 Å². The number of aryl methyl sites for hydroxylation is 1. The number of hydrogen-bond acceptors (Lipinski definition) is 3. The van der Waals surface area contributed by atoms with Crippen LogP contribution in [-0.4, -0.2) is 22.1 Å². The SMILES string of the molecule is Cc1ncc(Br)c(N2C3CCC2CC3)n1. The highest BCUT2D eigenvalue weighted by atomic mass is 79.9. The summed E-state index contributed by atoms with van der Waals surface area (Å²) in [6, 6.07) is 1.45. The molecule has 2 aliphatic heterocycles. The molecule has 0 radical (unpaired) electrons. The molecule has 4 heteroatoms. The molecule has 2 fully saturated rings. The van der Waals surface area contributed by atoms with Gasteiger partial charge in [-0.05, 0) is 48.5 Å². The number of rotatable bonds is 1. The van der Waals surface area contributed by atoms with Crippen molar-refractivity contribution in [1.29, 1.82) is 0 Å². The first kappa shape index (κ1) is 9.58. The summed E-state index contributed by atoms with van der Waals surface area (Å²) in [7, 11) is 0. The Morgan fingerprint density at radius 1 is 1.27 bits per heavy atom. The van der Waals surface area contributed by atoms with Gasteiger partial charge in [0.05, 0.1) is 4.47 Å². The van der Waals surface area contributed by atoms with Crippen LogP contribution < -0.4 is 4.90 Å². The van der Waals surface area contributed by atoms with E-state index in [2.05, 4.69) is 30.8 Å². The fourth-order valence-corrected chi connectivity index (χ4v) is 3.28. The molecule has 0 unspecified atom stereocenters. The molecule has 0 saturated carbocycles. The van der Waals surface area contributed by atoms with E-state index in [1.54, 1.807) is 0 Å². The van der Waals surface area contributed by atoms with E-state index >= 15 is 0 Å². The number of halogens is 1. The van der Waals surface area contributed by atoms with E-state index in [-0.39, 0.29) is 0 Å². The number of nitrogens with zero attached hydrogens (tertiary/aromatic N) is 3. The van der Waals surface area contributed by atoms with Crippen molar-refractivity contribution in [2.45, 2.75) is 44.7 Å². The molecule has 2 aliphatic rings. The van der Waals surface area contributed by atoms with Crippen molar-refractivity contribution in [3.63, 3.8) is 0 Å². The van der Waals surface area contributed by atoms with Crippen molar-refractivity contribution in [3.05, 3.63) is 16.5 Å². The summed E-state index contributed by atoms with van der Waals surface area (Å²) >= 11 is 3.56. The smallest absolute Gasteiger partial charge is 0.147 e. The van der Waals surface area contributed by atoms with Crippen molar-refractivity contribution in [2.75, 3.05) is 4.90 Å². The fourth-order valence-electron chi connectivity index (χ4n) is 2.88. The summed E-state index contributed by atoms with van der Waals surface area (Å²) < 4.78 is 1.03. The molecule has 1 aromatic rings. The zero-order valence-electron chi connectivity index (χ0n) is 8.78. The topological polar surface area (TPSA) is 29.0 Å². The summed E-state index contributed by atoms with van der Waals surface area (Å²) in [5.41, 5.74) is 0. The first-order chi connectivity index (χ1) is 7.25. The lowest BCUT2D eigenvalue weighted by Gasteiger charge is -2.24. The molecule has 3 nitrogen and oxygen atoms in total. The number of fused-ring (bicyclic) bond motifs is 2. The van der Waals surface area contributed by atoms with Gasteiger partial charge in [-0.15, -0.1) is 0 Å². The van der Waals surface area contributed by atoms with Gasteiger partial charge in [-0.2, -0.15) is 0 Å². The van der Waals surface area contributed by atoms with Crippen molar-refractivity contribution >= 4 is 21.7 Å². The molecule has 0 spiro atoms. The van der Waals surface area contributed by atoms with Crippen molar-refractivity contribution in [2.24, 2.45) is 0 Å². The maximum Gasteiger partial charge on any atom is 0.147 e. The van der Waals surface area contributed by atoms with Crippen molar-refractivity contribution in [1.82, 2.24) is 9.97 Å². The molecule has 15 heavy (non-hydrogen) atoms. The van der Waals surface area contributed by atoms with Gasteiger partial charge in [0.25, 0.3) is 0 Å². The second-order valence-corrected chi connectivity index (χ2v) is 5.31. The molecular formula is C11H14BrN3. The molecular weight excluding hydrogens is 254 g/mol. The molecule has 3 heterocycles. The van der Waals surface area contributed by atoms with Crippen LogP contribution in [0.1, 0.15) is 31.5 Å². The third kappa shape index (κ3) is 1.46. The maximum atomic E-state index is 4.56. The fraction of sp³-hybridized carbons (Fsp3) is 0.636. The summed E-state index contributed by atoms with van der Waals surface area (Å²) in [6.07, 6.45) is 7.20. The molecule has 0 atom stereocenters. The van der Waals surface area contributed by atoms with Crippen LogP contribution in [0, 0.1) is 6.92 Å². The second-order valence-electron chi connectivity index (χ2n) is 4.46. The van der Waals surface area contributed by atoms with Gasteiger partial charge in [0.15, 0.2) is 0 Å². The Kier molecular flexibility index (Phi) is 2.20.